The molecule has 0 unspecified atom stereocenters. The smallest absolute Gasteiger partial charge is 0.379 e. The van der Waals surface area contributed by atoms with Crippen LogP contribution in [0.3, 0.4) is 0 Å². The minimum absolute atomic E-state index is 0.0119. The maximum Gasteiger partial charge on any atom is 0.419 e. The van der Waals surface area contributed by atoms with Crippen LogP contribution in [0.15, 0.2) is 61.1 Å². The molecule has 1 aliphatic heterocycles. The Morgan fingerprint density at radius 3 is 2.51 bits per heavy atom. The second-order valence-corrected chi connectivity index (χ2v) is 9.73. The third-order valence-electron chi connectivity index (χ3n) is 6.79. The molecule has 0 aliphatic carbocycles. The number of morpholine rings is 1. The van der Waals surface area contributed by atoms with Crippen LogP contribution in [0, 0.1) is 6.92 Å². The quantitative estimate of drug-likeness (QED) is 0.291. The van der Waals surface area contributed by atoms with Crippen LogP contribution in [0.25, 0.3) is 11.3 Å². The molecule has 3 heterocycles. The van der Waals surface area contributed by atoms with Crippen LogP contribution in [0.1, 0.15) is 34.0 Å². The third kappa shape index (κ3) is 6.90. The molecule has 41 heavy (non-hydrogen) atoms. The van der Waals surface area contributed by atoms with Gasteiger partial charge in [-0.3, -0.25) is 14.4 Å². The molecule has 0 atom stereocenters. The van der Waals surface area contributed by atoms with Crippen molar-refractivity contribution >= 4 is 23.2 Å². The van der Waals surface area contributed by atoms with Gasteiger partial charge in [-0.1, -0.05) is 12.1 Å². The number of ether oxygens (including phenoxy) is 1. The molecule has 214 valence electrons. The predicted octanol–water partition coefficient (Wildman–Crippen LogP) is 5.52. The number of carbonyl (C=O) groups is 1. The van der Waals surface area contributed by atoms with Crippen molar-refractivity contribution in [1.29, 1.82) is 0 Å². The van der Waals surface area contributed by atoms with Crippen LogP contribution in [0.2, 0.25) is 0 Å². The van der Waals surface area contributed by atoms with Crippen LogP contribution < -0.4 is 10.6 Å². The average molecular weight is 566 g/mol. The lowest BCUT2D eigenvalue weighted by Crippen LogP contribution is -2.35. The summed E-state index contributed by atoms with van der Waals surface area (Å²) in [5, 5.41) is 9.97. The summed E-state index contributed by atoms with van der Waals surface area (Å²) in [6, 6.07) is 12.6. The normalized spacial score (nSPS) is 14.2. The Kier molecular flexibility index (Phi) is 8.31. The number of amides is 1. The number of aryl methyl sites for hydroxylation is 2. The predicted molar refractivity (Wildman–Crippen MR) is 149 cm³/mol. The number of rotatable bonds is 8. The minimum atomic E-state index is -4.63. The van der Waals surface area contributed by atoms with E-state index in [2.05, 4.69) is 36.7 Å². The number of nitrogens with zero attached hydrogens (tertiary/aromatic N) is 5. The van der Waals surface area contributed by atoms with Crippen LogP contribution in [0.4, 0.5) is 30.5 Å². The molecule has 0 radical (unpaired) electrons. The first-order chi connectivity index (χ1) is 19.7. The van der Waals surface area contributed by atoms with Gasteiger partial charge in [0.1, 0.15) is 5.56 Å². The van der Waals surface area contributed by atoms with E-state index in [0.717, 1.165) is 55.9 Å². The number of anilines is 3. The molecule has 4 aromatic rings. The van der Waals surface area contributed by atoms with Gasteiger partial charge in [0.2, 0.25) is 5.95 Å². The van der Waals surface area contributed by atoms with Crippen molar-refractivity contribution in [2.45, 2.75) is 33.1 Å². The Morgan fingerprint density at radius 1 is 1.07 bits per heavy atom. The molecule has 0 saturated carbocycles. The minimum Gasteiger partial charge on any atom is -0.379 e. The van der Waals surface area contributed by atoms with Crippen LogP contribution in [-0.4, -0.2) is 56.9 Å². The van der Waals surface area contributed by atoms with Crippen molar-refractivity contribution < 1.29 is 22.7 Å². The molecular weight excluding hydrogens is 535 g/mol. The highest BCUT2D eigenvalue weighted by molar-refractivity contribution is 6.04. The number of hydrogen-bond donors (Lipinski definition) is 2. The van der Waals surface area contributed by atoms with Gasteiger partial charge in [-0.05, 0) is 55.3 Å². The monoisotopic (exact) mass is 565 g/mol. The highest BCUT2D eigenvalue weighted by Crippen LogP contribution is 2.36. The summed E-state index contributed by atoms with van der Waals surface area (Å²) in [5.74, 6) is -0.286. The van der Waals surface area contributed by atoms with Gasteiger partial charge < -0.3 is 15.4 Å². The van der Waals surface area contributed by atoms with Crippen molar-refractivity contribution in [3.63, 3.8) is 0 Å². The van der Waals surface area contributed by atoms with Gasteiger partial charge in [0, 0.05) is 61.1 Å². The summed E-state index contributed by atoms with van der Waals surface area (Å²) in [5.41, 5.74) is 2.75. The molecule has 0 spiro atoms. The lowest BCUT2D eigenvalue weighted by molar-refractivity contribution is -0.137. The maximum atomic E-state index is 13.6. The molecule has 1 amide bonds. The molecule has 2 aromatic heterocycles. The zero-order chi connectivity index (χ0) is 29.0. The molecular formula is C29H30F3N7O2. The summed E-state index contributed by atoms with van der Waals surface area (Å²) >= 11 is 0. The molecule has 2 aromatic carbocycles. The fraction of sp³-hybridized carbons (Fsp3) is 0.310. The molecule has 1 aliphatic rings. The standard InChI is InChI=1S/C29H30F3N7O2/c1-3-39-18-22(15-34-39)26-24(29(30,31)32)16-33-28(37-26)35-23-8-6-21(7-9-23)27(40)36-25-14-20(5-4-19(25)2)17-38-10-12-41-13-11-38/h4-9,14-16,18H,3,10-13,17H2,1-2H3,(H,36,40)(H,33,35,37). The summed E-state index contributed by atoms with van der Waals surface area (Å²) in [6.45, 7) is 8.25. The van der Waals surface area contributed by atoms with Crippen molar-refractivity contribution in [3.05, 3.63) is 83.3 Å². The second kappa shape index (κ2) is 12.1. The van der Waals surface area contributed by atoms with Crippen LogP contribution in [0.5, 0.6) is 0 Å². The number of halogens is 3. The lowest BCUT2D eigenvalue weighted by atomic mass is 10.1. The SMILES string of the molecule is CCn1cc(-c2nc(Nc3ccc(C(=O)Nc4cc(CN5CCOCC5)ccc4C)cc3)ncc2C(F)(F)F)cn1. The van der Waals surface area contributed by atoms with E-state index >= 15 is 0 Å². The number of nitrogens with one attached hydrogen (secondary N) is 2. The van der Waals surface area contributed by atoms with Gasteiger partial charge >= 0.3 is 6.18 Å². The highest BCUT2D eigenvalue weighted by Gasteiger charge is 2.35. The fourth-order valence-corrected chi connectivity index (χ4v) is 4.48. The first kappa shape index (κ1) is 28.2. The van der Waals surface area contributed by atoms with Crippen molar-refractivity contribution in [2.24, 2.45) is 0 Å². The summed E-state index contributed by atoms with van der Waals surface area (Å²) < 4.78 is 47.9. The van der Waals surface area contributed by atoms with E-state index < -0.39 is 11.7 Å². The molecule has 5 rings (SSSR count). The van der Waals surface area contributed by atoms with E-state index in [1.54, 1.807) is 24.3 Å². The summed E-state index contributed by atoms with van der Waals surface area (Å²) in [7, 11) is 0. The van der Waals surface area contributed by atoms with Crippen molar-refractivity contribution in [2.75, 3.05) is 36.9 Å². The molecule has 1 saturated heterocycles. The molecule has 2 N–H and O–H groups in total. The Bertz CT molecular complexity index is 1510. The topological polar surface area (TPSA) is 97.2 Å². The first-order valence-corrected chi connectivity index (χ1v) is 13.2. The van der Waals surface area contributed by atoms with Gasteiger partial charge in [0.15, 0.2) is 0 Å². The molecule has 9 nitrogen and oxygen atoms in total. The van der Waals surface area contributed by atoms with Gasteiger partial charge in [0.25, 0.3) is 5.91 Å². The van der Waals surface area contributed by atoms with Crippen LogP contribution >= 0.6 is 0 Å². The fourth-order valence-electron chi connectivity index (χ4n) is 4.48. The zero-order valence-electron chi connectivity index (χ0n) is 22.7. The van der Waals surface area contributed by atoms with E-state index in [9.17, 15) is 18.0 Å². The first-order valence-electron chi connectivity index (χ1n) is 13.2. The Balaban J connectivity index is 1.28. The van der Waals surface area contributed by atoms with Gasteiger partial charge in [-0.15, -0.1) is 0 Å². The number of hydrogen-bond acceptors (Lipinski definition) is 7. The maximum absolute atomic E-state index is 13.6. The van der Waals surface area contributed by atoms with E-state index in [1.165, 1.54) is 17.1 Å². The summed E-state index contributed by atoms with van der Waals surface area (Å²) in [4.78, 5) is 23.3. The second-order valence-electron chi connectivity index (χ2n) is 9.73. The Labute approximate surface area is 235 Å². The zero-order valence-corrected chi connectivity index (χ0v) is 22.7. The van der Waals surface area contributed by atoms with Crippen molar-refractivity contribution in [1.82, 2.24) is 24.6 Å². The van der Waals surface area contributed by atoms with E-state index in [4.69, 9.17) is 4.74 Å². The third-order valence-corrected chi connectivity index (χ3v) is 6.79. The van der Waals surface area contributed by atoms with Crippen molar-refractivity contribution in [3.8, 4) is 11.3 Å². The molecule has 0 bridgehead atoms. The lowest BCUT2D eigenvalue weighted by Gasteiger charge is -2.26. The average Bonchev–Trinajstić information content (AvgIpc) is 3.45. The number of aromatic nitrogens is 4. The Hall–Kier alpha value is -4.29. The van der Waals surface area contributed by atoms with Gasteiger partial charge in [0.05, 0.1) is 25.1 Å². The number of benzene rings is 2. The van der Waals surface area contributed by atoms with Gasteiger partial charge in [-0.25, -0.2) is 9.97 Å². The summed E-state index contributed by atoms with van der Waals surface area (Å²) in [6.07, 6.45) is -1.02. The van der Waals surface area contributed by atoms with E-state index in [0.29, 0.717) is 17.8 Å². The van der Waals surface area contributed by atoms with Crippen LogP contribution in [-0.2, 0) is 24.0 Å². The Morgan fingerprint density at radius 2 is 1.83 bits per heavy atom. The largest absolute Gasteiger partial charge is 0.419 e. The van der Waals surface area contributed by atoms with E-state index in [1.807, 2.05) is 26.0 Å². The highest BCUT2D eigenvalue weighted by atomic mass is 19.4. The molecule has 1 fully saturated rings. The van der Waals surface area contributed by atoms with Gasteiger partial charge in [-0.2, -0.15) is 18.3 Å². The molecule has 12 heteroatoms. The van der Waals surface area contributed by atoms with E-state index in [-0.39, 0.29) is 23.1 Å². The number of carbonyl (C=O) groups excluding carboxylic acids is 1. The number of alkyl halides is 3.